The smallest absolute Gasteiger partial charge is 0.329 e. The molecule has 2 amide bonds. The van der Waals surface area contributed by atoms with Crippen LogP contribution >= 0.6 is 0 Å². The molecular formula is C16H28N2O3. The first kappa shape index (κ1) is 16.1. The van der Waals surface area contributed by atoms with Gasteiger partial charge in [0.05, 0.1) is 0 Å². The predicted molar refractivity (Wildman–Crippen MR) is 81.2 cm³/mol. The molecule has 120 valence electrons. The van der Waals surface area contributed by atoms with E-state index in [1.54, 1.807) is 0 Å². The normalized spacial score (nSPS) is 29.5. The maximum Gasteiger partial charge on any atom is 0.329 e. The number of hydrogen-bond acceptors (Lipinski definition) is 2. The summed E-state index contributed by atoms with van der Waals surface area (Å²) in [5.41, 5.74) is -1.06. The van der Waals surface area contributed by atoms with Gasteiger partial charge in [0.1, 0.15) is 5.54 Å². The first-order chi connectivity index (χ1) is 9.94. The molecule has 0 aromatic carbocycles. The summed E-state index contributed by atoms with van der Waals surface area (Å²) in [6.45, 7) is 4.92. The van der Waals surface area contributed by atoms with Crippen LogP contribution in [0.3, 0.4) is 0 Å². The zero-order chi connectivity index (χ0) is 15.5. The van der Waals surface area contributed by atoms with Crippen molar-refractivity contribution in [3.63, 3.8) is 0 Å². The van der Waals surface area contributed by atoms with Gasteiger partial charge in [0, 0.05) is 12.6 Å². The van der Waals surface area contributed by atoms with Crippen LogP contribution in [0.25, 0.3) is 0 Å². The summed E-state index contributed by atoms with van der Waals surface area (Å²) in [7, 11) is 0. The van der Waals surface area contributed by atoms with Crippen LogP contribution in [-0.4, -0.2) is 40.1 Å². The second kappa shape index (κ2) is 6.67. The molecule has 1 saturated carbocycles. The van der Waals surface area contributed by atoms with Crippen LogP contribution in [-0.2, 0) is 4.79 Å². The molecule has 21 heavy (non-hydrogen) atoms. The Bertz CT molecular complexity index is 389. The molecule has 5 nitrogen and oxygen atoms in total. The molecule has 0 spiro atoms. The molecule has 2 atom stereocenters. The lowest BCUT2D eigenvalue weighted by atomic mass is 9.90. The lowest BCUT2D eigenvalue weighted by Gasteiger charge is -2.39. The number of hydrogen-bond donors (Lipinski definition) is 2. The number of nitrogens with one attached hydrogen (secondary N) is 1. The summed E-state index contributed by atoms with van der Waals surface area (Å²) in [4.78, 5) is 26.2. The summed E-state index contributed by atoms with van der Waals surface area (Å²) in [5.74, 6) is -0.391. The van der Waals surface area contributed by atoms with Crippen LogP contribution in [0.2, 0.25) is 0 Å². The van der Waals surface area contributed by atoms with Gasteiger partial charge in [-0.3, -0.25) is 0 Å². The number of aliphatic carboxylic acids is 1. The third-order valence-electron chi connectivity index (χ3n) is 5.09. The van der Waals surface area contributed by atoms with Crippen molar-refractivity contribution in [2.45, 2.75) is 76.8 Å². The van der Waals surface area contributed by atoms with Gasteiger partial charge in [0.2, 0.25) is 0 Å². The minimum atomic E-state index is -1.06. The Morgan fingerprint density at radius 2 is 1.71 bits per heavy atom. The molecule has 0 bridgehead atoms. The van der Waals surface area contributed by atoms with Crippen LogP contribution in [0.4, 0.5) is 4.79 Å². The fourth-order valence-electron chi connectivity index (χ4n) is 3.57. The van der Waals surface area contributed by atoms with Gasteiger partial charge in [-0.05, 0) is 38.5 Å². The van der Waals surface area contributed by atoms with E-state index < -0.39 is 11.5 Å². The summed E-state index contributed by atoms with van der Waals surface area (Å²) in [6.07, 6.45) is 7.09. The van der Waals surface area contributed by atoms with Crippen molar-refractivity contribution in [2.24, 2.45) is 5.92 Å². The highest BCUT2D eigenvalue weighted by atomic mass is 16.4. The molecule has 2 aliphatic rings. The second-order valence-electron chi connectivity index (χ2n) is 6.92. The highest BCUT2D eigenvalue weighted by Crippen LogP contribution is 2.29. The highest BCUT2D eigenvalue weighted by molar-refractivity contribution is 5.86. The van der Waals surface area contributed by atoms with Gasteiger partial charge in [0.25, 0.3) is 0 Å². The van der Waals surface area contributed by atoms with Crippen LogP contribution < -0.4 is 5.32 Å². The molecule has 1 heterocycles. The number of nitrogens with zero attached hydrogens (tertiary/aromatic N) is 1. The molecule has 2 unspecified atom stereocenters. The molecule has 0 aromatic rings. The van der Waals surface area contributed by atoms with Gasteiger partial charge in [-0.15, -0.1) is 0 Å². The summed E-state index contributed by atoms with van der Waals surface area (Å²) >= 11 is 0. The summed E-state index contributed by atoms with van der Waals surface area (Å²) in [6, 6.07) is -0.00354. The van der Waals surface area contributed by atoms with Crippen molar-refractivity contribution in [2.75, 3.05) is 6.54 Å². The van der Waals surface area contributed by atoms with Crippen molar-refractivity contribution in [1.82, 2.24) is 10.2 Å². The Morgan fingerprint density at radius 1 is 1.10 bits per heavy atom. The van der Waals surface area contributed by atoms with Crippen LogP contribution in [0, 0.1) is 5.92 Å². The Morgan fingerprint density at radius 3 is 2.29 bits per heavy atom. The highest BCUT2D eigenvalue weighted by Gasteiger charge is 2.41. The zero-order valence-corrected chi connectivity index (χ0v) is 13.2. The molecule has 0 aromatic heterocycles. The molecule has 0 radical (unpaired) electrons. The van der Waals surface area contributed by atoms with Gasteiger partial charge in [-0.1, -0.05) is 32.6 Å². The van der Waals surface area contributed by atoms with Gasteiger partial charge in [0.15, 0.2) is 0 Å². The van der Waals surface area contributed by atoms with E-state index in [4.69, 9.17) is 0 Å². The number of carbonyl (C=O) groups excluding carboxylic acids is 1. The minimum absolute atomic E-state index is 0.192. The third kappa shape index (κ3) is 3.69. The van der Waals surface area contributed by atoms with Crippen molar-refractivity contribution in [3.8, 4) is 0 Å². The van der Waals surface area contributed by atoms with Gasteiger partial charge < -0.3 is 15.3 Å². The number of likely N-dealkylation sites (tertiary alicyclic amines) is 1. The first-order valence-corrected chi connectivity index (χ1v) is 8.27. The predicted octanol–water partition coefficient (Wildman–Crippen LogP) is 2.99. The van der Waals surface area contributed by atoms with E-state index in [0.717, 1.165) is 45.1 Å². The molecule has 2 rings (SSSR count). The number of piperidine rings is 1. The maximum atomic E-state index is 12.6. The van der Waals surface area contributed by atoms with Crippen molar-refractivity contribution in [3.05, 3.63) is 0 Å². The van der Waals surface area contributed by atoms with E-state index in [1.165, 1.54) is 0 Å². The van der Waals surface area contributed by atoms with E-state index in [9.17, 15) is 14.7 Å². The lowest BCUT2D eigenvalue weighted by molar-refractivity contribution is -0.145. The number of rotatable bonds is 2. The summed E-state index contributed by atoms with van der Waals surface area (Å²) < 4.78 is 0. The van der Waals surface area contributed by atoms with Crippen LogP contribution in [0.1, 0.15) is 65.2 Å². The fraction of sp³-hybridized carbons (Fsp3) is 0.875. The Labute approximate surface area is 127 Å². The average molecular weight is 296 g/mol. The van der Waals surface area contributed by atoms with Crippen molar-refractivity contribution in [1.29, 1.82) is 0 Å². The van der Waals surface area contributed by atoms with E-state index in [1.807, 2.05) is 11.8 Å². The van der Waals surface area contributed by atoms with Crippen LogP contribution in [0.15, 0.2) is 0 Å². The molecule has 1 aliphatic carbocycles. The zero-order valence-electron chi connectivity index (χ0n) is 13.2. The van der Waals surface area contributed by atoms with E-state index in [2.05, 4.69) is 12.2 Å². The molecular weight excluding hydrogens is 268 g/mol. The first-order valence-electron chi connectivity index (χ1n) is 8.27. The minimum Gasteiger partial charge on any atom is -0.480 e. The molecule has 1 aliphatic heterocycles. The molecule has 2 N–H and O–H groups in total. The number of carboxylic acids is 1. The standard InChI is InChI=1S/C16H28N2O3/c1-12-7-8-13(2)18(11-12)15(21)17-16(14(19)20)9-5-3-4-6-10-16/h12-13H,3-11H2,1-2H3,(H,17,21)(H,19,20). The topological polar surface area (TPSA) is 69.6 Å². The Balaban J connectivity index is 2.08. The van der Waals surface area contributed by atoms with E-state index >= 15 is 0 Å². The third-order valence-corrected chi connectivity index (χ3v) is 5.09. The van der Waals surface area contributed by atoms with Gasteiger partial charge >= 0.3 is 12.0 Å². The Kier molecular flexibility index (Phi) is 5.12. The quantitative estimate of drug-likeness (QED) is 0.770. The second-order valence-corrected chi connectivity index (χ2v) is 6.92. The average Bonchev–Trinajstić information content (AvgIpc) is 2.68. The number of amides is 2. The number of carbonyl (C=O) groups is 2. The van der Waals surface area contributed by atoms with E-state index in [0.29, 0.717) is 18.8 Å². The largest absolute Gasteiger partial charge is 0.480 e. The number of carboxylic acid groups (broad SMARTS) is 1. The SMILES string of the molecule is CC1CCC(C)N(C(=O)NC2(C(=O)O)CCCCCC2)C1. The monoisotopic (exact) mass is 296 g/mol. The van der Waals surface area contributed by atoms with Gasteiger partial charge in [-0.2, -0.15) is 0 Å². The maximum absolute atomic E-state index is 12.6. The lowest BCUT2D eigenvalue weighted by Crippen LogP contribution is -2.60. The van der Waals surface area contributed by atoms with Crippen molar-refractivity contribution >= 4 is 12.0 Å². The number of urea groups is 1. The summed E-state index contributed by atoms with van der Waals surface area (Å²) in [5, 5.41) is 12.5. The Hall–Kier alpha value is -1.26. The van der Waals surface area contributed by atoms with Crippen LogP contribution in [0.5, 0.6) is 0 Å². The van der Waals surface area contributed by atoms with Gasteiger partial charge in [-0.25, -0.2) is 9.59 Å². The fourth-order valence-corrected chi connectivity index (χ4v) is 3.57. The van der Waals surface area contributed by atoms with E-state index in [-0.39, 0.29) is 12.1 Å². The molecule has 1 saturated heterocycles. The molecule has 5 heteroatoms. The van der Waals surface area contributed by atoms with Crippen molar-refractivity contribution < 1.29 is 14.7 Å². The molecule has 2 fully saturated rings.